The first kappa shape index (κ1) is 20.0. The summed E-state index contributed by atoms with van der Waals surface area (Å²) in [4.78, 5) is 13.4. The minimum Gasteiger partial charge on any atom is -0.478 e. The van der Waals surface area contributed by atoms with Gasteiger partial charge in [0.2, 0.25) is 5.95 Å². The molecule has 5 heterocycles. The van der Waals surface area contributed by atoms with Crippen molar-refractivity contribution in [2.24, 2.45) is 0 Å². The molecule has 1 atom stereocenters. The van der Waals surface area contributed by atoms with Crippen molar-refractivity contribution < 1.29 is 9.13 Å². The zero-order chi connectivity index (χ0) is 21.5. The lowest BCUT2D eigenvalue weighted by molar-refractivity contribution is 0.210. The number of hydrogen-bond acceptors (Lipinski definition) is 8. The number of likely N-dealkylation sites (tertiary alicyclic amines) is 1. The van der Waals surface area contributed by atoms with Gasteiger partial charge in [0.15, 0.2) is 11.5 Å². The number of anilines is 3. The van der Waals surface area contributed by atoms with Gasteiger partial charge in [0.25, 0.3) is 5.88 Å². The molecule has 11 heteroatoms. The molecule has 166 valence electrons. The van der Waals surface area contributed by atoms with E-state index in [0.29, 0.717) is 48.8 Å². The van der Waals surface area contributed by atoms with Crippen LogP contribution in [0.2, 0.25) is 0 Å². The molecule has 0 radical (unpaired) electrons. The van der Waals surface area contributed by atoms with Gasteiger partial charge in [-0.1, -0.05) is 0 Å². The number of piperidine rings is 1. The van der Waals surface area contributed by atoms with E-state index >= 15 is 0 Å². The highest BCUT2D eigenvalue weighted by atomic mass is 19.1. The van der Waals surface area contributed by atoms with Gasteiger partial charge < -0.3 is 19.9 Å². The first-order valence-corrected chi connectivity index (χ1v) is 10.7. The number of fused-ring (bicyclic) bond motifs is 1. The Morgan fingerprint density at radius 3 is 2.68 bits per heavy atom. The highest BCUT2D eigenvalue weighted by Crippen LogP contribution is 2.32. The third kappa shape index (κ3) is 3.78. The molecule has 0 amide bonds. The van der Waals surface area contributed by atoms with Crippen LogP contribution in [0.25, 0.3) is 5.65 Å². The molecule has 5 rings (SSSR count). The second-order valence-corrected chi connectivity index (χ2v) is 8.42. The van der Waals surface area contributed by atoms with Gasteiger partial charge in [-0.15, -0.1) is 10.2 Å². The van der Waals surface area contributed by atoms with E-state index in [4.69, 9.17) is 4.74 Å². The third-order valence-corrected chi connectivity index (χ3v) is 6.14. The summed E-state index contributed by atoms with van der Waals surface area (Å²) in [5, 5.41) is 12.6. The molecule has 1 N–H and O–H groups in total. The van der Waals surface area contributed by atoms with Crippen LogP contribution in [0, 0.1) is 6.92 Å². The summed E-state index contributed by atoms with van der Waals surface area (Å²) >= 11 is 0. The number of aromatic nitrogens is 6. The van der Waals surface area contributed by atoms with Gasteiger partial charge in [0.05, 0.1) is 37.8 Å². The van der Waals surface area contributed by atoms with Gasteiger partial charge in [-0.3, -0.25) is 4.68 Å². The number of imidazole rings is 1. The summed E-state index contributed by atoms with van der Waals surface area (Å²) in [7, 11) is 3.75. The molecule has 2 aliphatic heterocycles. The molecule has 0 bridgehead atoms. The first-order valence-electron chi connectivity index (χ1n) is 10.7. The van der Waals surface area contributed by atoms with E-state index in [1.54, 1.807) is 17.8 Å². The minimum atomic E-state index is -0.854. The number of rotatable bonds is 5. The molecule has 3 aromatic rings. The zero-order valence-corrected chi connectivity index (χ0v) is 18.1. The standard InChI is InChI=1S/C20H28FN9O/c1-13-10-22-18-17(24-20(26-30(13)18)28-9-4-14(21)11-28)23-16-12-29(25-19(16)31-3)15-5-7-27(2)8-6-15/h10,12,14-15H,4-9,11H2,1-3H3,(H,23,24,26). The molecule has 0 aromatic carbocycles. The van der Waals surface area contributed by atoms with E-state index < -0.39 is 6.17 Å². The van der Waals surface area contributed by atoms with E-state index in [1.807, 2.05) is 22.7 Å². The smallest absolute Gasteiger partial charge is 0.256 e. The largest absolute Gasteiger partial charge is 0.478 e. The number of alkyl halides is 1. The Labute approximate surface area is 180 Å². The van der Waals surface area contributed by atoms with Gasteiger partial charge in [-0.2, -0.15) is 4.98 Å². The second-order valence-electron chi connectivity index (χ2n) is 8.42. The number of nitrogens with one attached hydrogen (secondary N) is 1. The normalized spacial score (nSPS) is 20.6. The molecule has 0 saturated carbocycles. The Morgan fingerprint density at radius 2 is 1.97 bits per heavy atom. The average molecular weight is 430 g/mol. The molecule has 31 heavy (non-hydrogen) atoms. The zero-order valence-electron chi connectivity index (χ0n) is 18.1. The molecule has 2 aliphatic rings. The van der Waals surface area contributed by atoms with Crippen LogP contribution in [0.1, 0.15) is 31.0 Å². The summed E-state index contributed by atoms with van der Waals surface area (Å²) < 4.78 is 23.0. The summed E-state index contributed by atoms with van der Waals surface area (Å²) in [6, 6.07) is 0.335. The number of halogens is 1. The highest BCUT2D eigenvalue weighted by molar-refractivity contribution is 5.73. The van der Waals surface area contributed by atoms with Crippen molar-refractivity contribution in [1.82, 2.24) is 34.3 Å². The quantitative estimate of drug-likeness (QED) is 0.660. The minimum absolute atomic E-state index is 0.302. The van der Waals surface area contributed by atoms with Crippen LogP contribution < -0.4 is 15.0 Å². The molecule has 2 fully saturated rings. The Morgan fingerprint density at radius 1 is 1.16 bits per heavy atom. The van der Waals surface area contributed by atoms with E-state index in [1.165, 1.54) is 0 Å². The predicted octanol–water partition coefficient (Wildman–Crippen LogP) is 2.20. The number of aryl methyl sites for hydroxylation is 1. The van der Waals surface area contributed by atoms with Gasteiger partial charge >= 0.3 is 0 Å². The molecule has 0 aliphatic carbocycles. The van der Waals surface area contributed by atoms with Gasteiger partial charge in [0, 0.05) is 6.54 Å². The van der Waals surface area contributed by atoms with Crippen LogP contribution in [0.3, 0.4) is 0 Å². The van der Waals surface area contributed by atoms with Gasteiger partial charge in [-0.05, 0) is 46.3 Å². The van der Waals surface area contributed by atoms with Crippen molar-refractivity contribution in [3.63, 3.8) is 0 Å². The van der Waals surface area contributed by atoms with Gasteiger partial charge in [-0.25, -0.2) is 13.9 Å². The molecule has 3 aromatic heterocycles. The number of methoxy groups -OCH3 is 1. The van der Waals surface area contributed by atoms with Crippen LogP contribution in [0.4, 0.5) is 21.8 Å². The summed E-state index contributed by atoms with van der Waals surface area (Å²) in [5.74, 6) is 1.53. The molecular weight excluding hydrogens is 401 g/mol. The van der Waals surface area contributed by atoms with Crippen LogP contribution >= 0.6 is 0 Å². The van der Waals surface area contributed by atoms with E-state index in [9.17, 15) is 4.39 Å². The van der Waals surface area contributed by atoms with Crippen LogP contribution in [0.5, 0.6) is 5.88 Å². The fourth-order valence-electron chi connectivity index (χ4n) is 4.28. The molecule has 1 unspecified atom stereocenters. The molecular formula is C20H28FN9O. The molecule has 2 saturated heterocycles. The van der Waals surface area contributed by atoms with E-state index in [0.717, 1.165) is 37.3 Å². The lowest BCUT2D eigenvalue weighted by atomic mass is 10.1. The summed E-state index contributed by atoms with van der Waals surface area (Å²) in [5.41, 5.74) is 2.21. The number of ether oxygens (including phenoxy) is 1. The summed E-state index contributed by atoms with van der Waals surface area (Å²) in [6.45, 7) is 4.92. The maximum atomic E-state index is 13.8. The molecule has 0 spiro atoms. The highest BCUT2D eigenvalue weighted by Gasteiger charge is 2.26. The first-order chi connectivity index (χ1) is 15.0. The van der Waals surface area contributed by atoms with E-state index in [-0.39, 0.29) is 0 Å². The van der Waals surface area contributed by atoms with Gasteiger partial charge in [0.1, 0.15) is 11.9 Å². The fraction of sp³-hybridized carbons (Fsp3) is 0.600. The van der Waals surface area contributed by atoms with Crippen LogP contribution in [-0.2, 0) is 0 Å². The van der Waals surface area contributed by atoms with Crippen molar-refractivity contribution in [3.8, 4) is 5.88 Å². The number of nitrogens with zero attached hydrogens (tertiary/aromatic N) is 8. The Kier molecular flexibility index (Phi) is 5.12. The average Bonchev–Trinajstić information content (AvgIpc) is 3.48. The Hall–Kier alpha value is -2.95. The van der Waals surface area contributed by atoms with Crippen LogP contribution in [0.15, 0.2) is 12.4 Å². The van der Waals surface area contributed by atoms with Crippen molar-refractivity contribution in [2.75, 3.05) is 50.6 Å². The second kappa shape index (κ2) is 7.95. The third-order valence-electron chi connectivity index (χ3n) is 6.14. The topological polar surface area (TPSA) is 88.6 Å². The SMILES string of the molecule is COc1nn(C2CCN(C)CC2)cc1Nc1nc(N2CCC(F)C2)nn2c(C)cnc12. The Balaban J connectivity index is 1.48. The Bertz CT molecular complexity index is 1070. The van der Waals surface area contributed by atoms with Crippen molar-refractivity contribution in [2.45, 2.75) is 38.4 Å². The predicted molar refractivity (Wildman–Crippen MR) is 115 cm³/mol. The maximum absolute atomic E-state index is 13.8. The van der Waals surface area contributed by atoms with Crippen molar-refractivity contribution >= 4 is 23.1 Å². The van der Waals surface area contributed by atoms with Crippen molar-refractivity contribution in [3.05, 3.63) is 18.1 Å². The van der Waals surface area contributed by atoms with Crippen molar-refractivity contribution in [1.29, 1.82) is 0 Å². The number of hydrogen-bond donors (Lipinski definition) is 1. The lowest BCUT2D eigenvalue weighted by Gasteiger charge is -2.28. The molecule has 10 nitrogen and oxygen atoms in total. The fourth-order valence-corrected chi connectivity index (χ4v) is 4.28. The lowest BCUT2D eigenvalue weighted by Crippen LogP contribution is -2.31. The summed E-state index contributed by atoms with van der Waals surface area (Å²) in [6.07, 6.45) is 5.44. The van der Waals surface area contributed by atoms with E-state index in [2.05, 4.69) is 37.4 Å². The maximum Gasteiger partial charge on any atom is 0.256 e. The monoisotopic (exact) mass is 429 g/mol. The van der Waals surface area contributed by atoms with Crippen LogP contribution in [-0.4, -0.2) is 80.8 Å².